The van der Waals surface area contributed by atoms with Crippen LogP contribution in [0.25, 0.3) is 0 Å². The lowest BCUT2D eigenvalue weighted by atomic mass is 10.5. The van der Waals surface area contributed by atoms with Crippen LogP contribution in [0.4, 0.5) is 4.79 Å². The fraction of sp³-hybridized carbons (Fsp3) is 0.600. The lowest BCUT2D eigenvalue weighted by Gasteiger charge is -2.06. The third kappa shape index (κ3) is 1.61. The van der Waals surface area contributed by atoms with Gasteiger partial charge in [0, 0.05) is 6.92 Å². The van der Waals surface area contributed by atoms with Crippen molar-refractivity contribution in [2.75, 3.05) is 6.54 Å². The van der Waals surface area contributed by atoms with Gasteiger partial charge in [-0.1, -0.05) is 0 Å². The predicted octanol–water partition coefficient (Wildman–Crippen LogP) is -0.812. The molecular formula is C5H8N2O3. The fourth-order valence-electron chi connectivity index (χ4n) is 0.696. The van der Waals surface area contributed by atoms with E-state index in [1.807, 2.05) is 0 Å². The van der Waals surface area contributed by atoms with Crippen LogP contribution in [0.1, 0.15) is 6.92 Å². The van der Waals surface area contributed by atoms with Gasteiger partial charge in [0.25, 0.3) is 0 Å². The zero-order valence-corrected chi connectivity index (χ0v) is 5.51. The first kappa shape index (κ1) is 6.85. The second-order valence-corrected chi connectivity index (χ2v) is 1.98. The molecule has 1 aliphatic heterocycles. The second-order valence-electron chi connectivity index (χ2n) is 1.98. The van der Waals surface area contributed by atoms with E-state index in [4.69, 9.17) is 0 Å². The Labute approximate surface area is 57.7 Å². The summed E-state index contributed by atoms with van der Waals surface area (Å²) in [5.74, 6) is -0.207. The van der Waals surface area contributed by atoms with Gasteiger partial charge in [-0.05, 0) is 0 Å². The summed E-state index contributed by atoms with van der Waals surface area (Å²) in [7, 11) is 0. The Morgan fingerprint density at radius 1 is 1.90 bits per heavy atom. The quantitative estimate of drug-likeness (QED) is 0.505. The van der Waals surface area contributed by atoms with Gasteiger partial charge in [-0.3, -0.25) is 4.79 Å². The highest BCUT2D eigenvalue weighted by atomic mass is 16.6. The third-order valence-corrected chi connectivity index (χ3v) is 1.05. The Morgan fingerprint density at radius 3 is 3.00 bits per heavy atom. The summed E-state index contributed by atoms with van der Waals surface area (Å²) in [4.78, 5) is 20.7. The first-order valence-corrected chi connectivity index (χ1v) is 2.90. The number of carbonyl (C=O) groups is 2. The zero-order valence-electron chi connectivity index (χ0n) is 5.51. The molecule has 1 heterocycles. The van der Waals surface area contributed by atoms with Crippen molar-refractivity contribution in [3.63, 3.8) is 0 Å². The van der Waals surface area contributed by atoms with E-state index in [-0.39, 0.29) is 5.91 Å². The van der Waals surface area contributed by atoms with Crippen molar-refractivity contribution in [3.8, 4) is 0 Å². The molecule has 2 amide bonds. The number of alkyl carbamates (subject to hydrolysis) is 1. The molecule has 0 radical (unpaired) electrons. The molecule has 2 N–H and O–H groups in total. The number of amides is 2. The Bertz CT molecular complexity index is 168. The molecule has 1 atom stereocenters. The highest BCUT2D eigenvalue weighted by Gasteiger charge is 2.22. The van der Waals surface area contributed by atoms with E-state index in [2.05, 4.69) is 15.4 Å². The number of hydrogen-bond acceptors (Lipinski definition) is 3. The maximum absolute atomic E-state index is 10.4. The predicted molar refractivity (Wildman–Crippen MR) is 32.1 cm³/mol. The van der Waals surface area contributed by atoms with Crippen molar-refractivity contribution in [2.24, 2.45) is 0 Å². The average Bonchev–Trinajstić information content (AvgIpc) is 2.13. The minimum Gasteiger partial charge on any atom is -0.424 e. The van der Waals surface area contributed by atoms with Crippen molar-refractivity contribution < 1.29 is 14.3 Å². The van der Waals surface area contributed by atoms with Crippen LogP contribution in [0.5, 0.6) is 0 Å². The van der Waals surface area contributed by atoms with Crippen LogP contribution in [-0.2, 0) is 9.53 Å². The molecule has 0 saturated carbocycles. The average molecular weight is 144 g/mol. The summed E-state index contributed by atoms with van der Waals surface area (Å²) in [6.07, 6.45) is -0.983. The van der Waals surface area contributed by atoms with Crippen molar-refractivity contribution in [2.45, 2.75) is 13.2 Å². The highest BCUT2D eigenvalue weighted by Crippen LogP contribution is 1.94. The summed E-state index contributed by atoms with van der Waals surface area (Å²) < 4.78 is 4.59. The maximum atomic E-state index is 10.4. The van der Waals surface area contributed by atoms with Crippen molar-refractivity contribution in [3.05, 3.63) is 0 Å². The van der Waals surface area contributed by atoms with Crippen molar-refractivity contribution >= 4 is 12.0 Å². The molecule has 0 aromatic rings. The fourth-order valence-corrected chi connectivity index (χ4v) is 0.696. The Balaban J connectivity index is 2.31. The molecule has 0 aromatic heterocycles. The normalized spacial score (nSPS) is 23.3. The van der Waals surface area contributed by atoms with Crippen LogP contribution in [0, 0.1) is 0 Å². The molecule has 1 rings (SSSR count). The number of rotatable bonds is 1. The number of cyclic esters (lactones) is 1. The molecule has 0 aliphatic carbocycles. The second kappa shape index (κ2) is 2.55. The standard InChI is InChI=1S/C5H8N2O3/c1-3(8)7-4-2-6-5(9)10-4/h4H,2H2,1H3,(H,6,9)(H,7,8)/t4-/m0/s1. The molecule has 56 valence electrons. The minimum atomic E-state index is -0.495. The first-order chi connectivity index (χ1) is 4.68. The van der Waals surface area contributed by atoms with Crippen LogP contribution in [0.2, 0.25) is 0 Å². The Kier molecular flexibility index (Phi) is 1.75. The molecule has 1 saturated heterocycles. The summed E-state index contributed by atoms with van der Waals surface area (Å²) in [5, 5.41) is 4.83. The van der Waals surface area contributed by atoms with E-state index in [1.165, 1.54) is 6.92 Å². The third-order valence-electron chi connectivity index (χ3n) is 1.05. The van der Waals surface area contributed by atoms with Gasteiger partial charge in [0.1, 0.15) is 0 Å². The SMILES string of the molecule is CC(=O)N[C@@H]1CNC(=O)O1. The molecular weight excluding hydrogens is 136 g/mol. The van der Waals surface area contributed by atoms with E-state index in [1.54, 1.807) is 0 Å². The van der Waals surface area contributed by atoms with E-state index in [0.29, 0.717) is 6.54 Å². The van der Waals surface area contributed by atoms with Crippen LogP contribution in [0.15, 0.2) is 0 Å². The maximum Gasteiger partial charge on any atom is 0.409 e. The van der Waals surface area contributed by atoms with Gasteiger partial charge in [-0.25, -0.2) is 4.79 Å². The number of carbonyl (C=O) groups excluding carboxylic acids is 2. The number of nitrogens with one attached hydrogen (secondary N) is 2. The van der Waals surface area contributed by atoms with Gasteiger partial charge >= 0.3 is 6.09 Å². The summed E-state index contributed by atoms with van der Waals surface area (Å²) in [6, 6.07) is 0. The van der Waals surface area contributed by atoms with Gasteiger partial charge < -0.3 is 15.4 Å². The summed E-state index contributed by atoms with van der Waals surface area (Å²) in [6.45, 7) is 1.71. The van der Waals surface area contributed by atoms with Crippen LogP contribution < -0.4 is 10.6 Å². The Morgan fingerprint density at radius 2 is 2.60 bits per heavy atom. The largest absolute Gasteiger partial charge is 0.424 e. The van der Waals surface area contributed by atoms with Gasteiger partial charge in [0.15, 0.2) is 6.23 Å². The molecule has 0 unspecified atom stereocenters. The minimum absolute atomic E-state index is 0.207. The summed E-state index contributed by atoms with van der Waals surface area (Å²) in [5.41, 5.74) is 0. The lowest BCUT2D eigenvalue weighted by molar-refractivity contribution is -0.121. The van der Waals surface area contributed by atoms with E-state index >= 15 is 0 Å². The van der Waals surface area contributed by atoms with Crippen molar-refractivity contribution in [1.29, 1.82) is 0 Å². The highest BCUT2D eigenvalue weighted by molar-refractivity contribution is 5.75. The molecule has 0 spiro atoms. The van der Waals surface area contributed by atoms with E-state index in [0.717, 1.165) is 0 Å². The van der Waals surface area contributed by atoms with Gasteiger partial charge in [-0.2, -0.15) is 0 Å². The van der Waals surface area contributed by atoms with Crippen molar-refractivity contribution in [1.82, 2.24) is 10.6 Å². The van der Waals surface area contributed by atoms with Crippen LogP contribution >= 0.6 is 0 Å². The molecule has 5 heteroatoms. The Hall–Kier alpha value is -1.26. The van der Waals surface area contributed by atoms with E-state index in [9.17, 15) is 9.59 Å². The molecule has 10 heavy (non-hydrogen) atoms. The first-order valence-electron chi connectivity index (χ1n) is 2.90. The van der Waals surface area contributed by atoms with Crippen LogP contribution in [-0.4, -0.2) is 24.8 Å². The molecule has 1 aliphatic rings. The number of hydrogen-bond donors (Lipinski definition) is 2. The molecule has 1 fully saturated rings. The lowest BCUT2D eigenvalue weighted by Crippen LogP contribution is -2.35. The van der Waals surface area contributed by atoms with Gasteiger partial charge in [0.2, 0.25) is 5.91 Å². The monoisotopic (exact) mass is 144 g/mol. The molecule has 0 aromatic carbocycles. The van der Waals surface area contributed by atoms with Gasteiger partial charge in [-0.15, -0.1) is 0 Å². The number of ether oxygens (including phenoxy) is 1. The summed E-state index contributed by atoms with van der Waals surface area (Å²) >= 11 is 0. The smallest absolute Gasteiger partial charge is 0.409 e. The van der Waals surface area contributed by atoms with E-state index < -0.39 is 12.3 Å². The molecule has 5 nitrogen and oxygen atoms in total. The topological polar surface area (TPSA) is 67.4 Å². The van der Waals surface area contributed by atoms with Gasteiger partial charge in [0.05, 0.1) is 6.54 Å². The molecule has 0 bridgehead atoms. The van der Waals surface area contributed by atoms with Crippen LogP contribution in [0.3, 0.4) is 0 Å². The zero-order chi connectivity index (χ0) is 7.56.